The van der Waals surface area contributed by atoms with Gasteiger partial charge < -0.3 is 5.32 Å². The summed E-state index contributed by atoms with van der Waals surface area (Å²) in [6.07, 6.45) is 0.769. The molecule has 1 N–H and O–H groups in total. The third-order valence-electron chi connectivity index (χ3n) is 3.11. The number of carbonyl (C=O) groups is 1. The summed E-state index contributed by atoms with van der Waals surface area (Å²) in [4.78, 5) is 11.8. The Morgan fingerprint density at radius 2 is 2.11 bits per heavy atom. The Morgan fingerprint density at radius 1 is 1.39 bits per heavy atom. The Morgan fingerprint density at radius 3 is 2.78 bits per heavy atom. The number of rotatable bonds is 2. The second-order valence-corrected chi connectivity index (χ2v) is 4.20. The molecule has 18 heavy (non-hydrogen) atoms. The highest BCUT2D eigenvalue weighted by Gasteiger charge is 2.28. The Hall–Kier alpha value is -2.17. The van der Waals surface area contributed by atoms with Gasteiger partial charge in [-0.1, -0.05) is 6.92 Å². The molecule has 1 aliphatic heterocycles. The van der Waals surface area contributed by atoms with Gasteiger partial charge in [-0.3, -0.25) is 4.79 Å². The summed E-state index contributed by atoms with van der Waals surface area (Å²) < 4.78 is 14.5. The predicted molar refractivity (Wildman–Crippen MR) is 64.1 cm³/mol. The number of halogens is 1. The standard InChI is InChI=1S/C13H12FN3O/c1-2-11-10-7-15-13(18)12(10)17(16-11)9-5-3-8(14)4-6-9/h3-6H,2,7H2,1H3,(H,15,18). The average molecular weight is 245 g/mol. The van der Waals surface area contributed by atoms with Gasteiger partial charge in [0.05, 0.1) is 11.4 Å². The van der Waals surface area contributed by atoms with Crippen molar-refractivity contribution in [1.29, 1.82) is 0 Å². The minimum absolute atomic E-state index is 0.124. The summed E-state index contributed by atoms with van der Waals surface area (Å²) in [6.45, 7) is 2.53. The molecule has 0 unspecified atom stereocenters. The first-order valence-electron chi connectivity index (χ1n) is 5.85. The molecule has 0 atom stereocenters. The molecule has 92 valence electrons. The van der Waals surface area contributed by atoms with Crippen LogP contribution in [-0.2, 0) is 13.0 Å². The molecule has 2 heterocycles. The molecule has 1 amide bonds. The van der Waals surface area contributed by atoms with Crippen LogP contribution in [0.15, 0.2) is 24.3 Å². The average Bonchev–Trinajstić information content (AvgIpc) is 2.92. The van der Waals surface area contributed by atoms with E-state index in [1.807, 2.05) is 6.92 Å². The Bertz CT molecular complexity index is 616. The van der Waals surface area contributed by atoms with Gasteiger partial charge in [-0.25, -0.2) is 9.07 Å². The van der Waals surface area contributed by atoms with E-state index in [1.165, 1.54) is 12.1 Å². The molecule has 0 spiro atoms. The van der Waals surface area contributed by atoms with Crippen LogP contribution in [0.1, 0.15) is 28.7 Å². The van der Waals surface area contributed by atoms with E-state index < -0.39 is 0 Å². The lowest BCUT2D eigenvalue weighted by Crippen LogP contribution is -2.17. The molecule has 0 saturated carbocycles. The first-order valence-corrected chi connectivity index (χ1v) is 5.85. The molecule has 0 saturated heterocycles. The summed E-state index contributed by atoms with van der Waals surface area (Å²) >= 11 is 0. The summed E-state index contributed by atoms with van der Waals surface area (Å²) in [6, 6.07) is 5.96. The van der Waals surface area contributed by atoms with E-state index in [0.29, 0.717) is 17.9 Å². The van der Waals surface area contributed by atoms with Crippen LogP contribution < -0.4 is 5.32 Å². The second kappa shape index (κ2) is 3.94. The summed E-state index contributed by atoms with van der Waals surface area (Å²) in [7, 11) is 0. The number of amides is 1. The molecule has 0 fully saturated rings. The van der Waals surface area contributed by atoms with Crippen molar-refractivity contribution in [1.82, 2.24) is 15.1 Å². The van der Waals surface area contributed by atoms with Gasteiger partial charge >= 0.3 is 0 Å². The summed E-state index contributed by atoms with van der Waals surface area (Å²) in [5.74, 6) is -0.427. The molecule has 0 radical (unpaired) electrons. The van der Waals surface area contributed by atoms with E-state index in [0.717, 1.165) is 17.7 Å². The SMILES string of the molecule is CCc1nn(-c2ccc(F)cc2)c2c1CNC2=O. The van der Waals surface area contributed by atoms with Crippen LogP contribution in [-0.4, -0.2) is 15.7 Å². The molecule has 1 aromatic heterocycles. The Labute approximate surface area is 103 Å². The largest absolute Gasteiger partial charge is 0.346 e. The summed E-state index contributed by atoms with van der Waals surface area (Å²) in [5, 5.41) is 7.22. The number of nitrogens with one attached hydrogen (secondary N) is 1. The van der Waals surface area contributed by atoms with Crippen molar-refractivity contribution >= 4 is 5.91 Å². The van der Waals surface area contributed by atoms with Gasteiger partial charge in [-0.2, -0.15) is 5.10 Å². The highest BCUT2D eigenvalue weighted by Crippen LogP contribution is 2.23. The number of nitrogens with zero attached hydrogens (tertiary/aromatic N) is 2. The van der Waals surface area contributed by atoms with E-state index in [-0.39, 0.29) is 11.7 Å². The topological polar surface area (TPSA) is 46.9 Å². The lowest BCUT2D eigenvalue weighted by molar-refractivity contribution is 0.0958. The van der Waals surface area contributed by atoms with Crippen LogP contribution in [0.3, 0.4) is 0 Å². The molecule has 0 aliphatic carbocycles. The van der Waals surface area contributed by atoms with Crippen LogP contribution in [0.5, 0.6) is 0 Å². The predicted octanol–water partition coefficient (Wildman–Crippen LogP) is 1.82. The lowest BCUT2D eigenvalue weighted by atomic mass is 10.2. The zero-order valence-electron chi connectivity index (χ0n) is 9.90. The van der Waals surface area contributed by atoms with Crippen LogP contribution >= 0.6 is 0 Å². The number of aryl methyl sites for hydroxylation is 1. The van der Waals surface area contributed by atoms with Gasteiger partial charge in [0.15, 0.2) is 0 Å². The number of hydrogen-bond donors (Lipinski definition) is 1. The number of benzene rings is 1. The van der Waals surface area contributed by atoms with E-state index >= 15 is 0 Å². The number of carbonyl (C=O) groups excluding carboxylic acids is 1. The monoisotopic (exact) mass is 245 g/mol. The van der Waals surface area contributed by atoms with Gasteiger partial charge in [-0.05, 0) is 30.7 Å². The molecule has 3 rings (SSSR count). The van der Waals surface area contributed by atoms with Crippen molar-refractivity contribution in [2.24, 2.45) is 0 Å². The van der Waals surface area contributed by atoms with Crippen LogP contribution in [0.25, 0.3) is 5.69 Å². The van der Waals surface area contributed by atoms with E-state index in [9.17, 15) is 9.18 Å². The first kappa shape index (κ1) is 11.0. The number of hydrogen-bond acceptors (Lipinski definition) is 2. The second-order valence-electron chi connectivity index (χ2n) is 4.20. The molecular formula is C13H12FN3O. The maximum atomic E-state index is 12.9. The highest BCUT2D eigenvalue weighted by molar-refractivity contribution is 5.97. The van der Waals surface area contributed by atoms with Crippen LogP contribution in [0.4, 0.5) is 4.39 Å². The fraction of sp³-hybridized carbons (Fsp3) is 0.231. The van der Waals surface area contributed by atoms with Crippen molar-refractivity contribution in [2.75, 3.05) is 0 Å². The van der Waals surface area contributed by atoms with Crippen molar-refractivity contribution in [3.63, 3.8) is 0 Å². The molecular weight excluding hydrogens is 233 g/mol. The highest BCUT2D eigenvalue weighted by atomic mass is 19.1. The minimum atomic E-state index is -0.303. The minimum Gasteiger partial charge on any atom is -0.346 e. The van der Waals surface area contributed by atoms with Crippen molar-refractivity contribution < 1.29 is 9.18 Å². The van der Waals surface area contributed by atoms with E-state index in [1.54, 1.807) is 16.8 Å². The van der Waals surface area contributed by atoms with Crippen molar-refractivity contribution in [3.8, 4) is 5.69 Å². The maximum absolute atomic E-state index is 12.9. The number of aromatic nitrogens is 2. The Balaban J connectivity index is 2.18. The molecule has 1 aromatic carbocycles. The molecule has 4 nitrogen and oxygen atoms in total. The number of fused-ring (bicyclic) bond motifs is 1. The smallest absolute Gasteiger partial charge is 0.270 e. The van der Waals surface area contributed by atoms with Gasteiger partial charge in [0.1, 0.15) is 11.5 Å². The van der Waals surface area contributed by atoms with Gasteiger partial charge in [-0.15, -0.1) is 0 Å². The summed E-state index contributed by atoms with van der Waals surface area (Å²) in [5.41, 5.74) is 3.13. The fourth-order valence-corrected chi connectivity index (χ4v) is 2.22. The fourth-order valence-electron chi connectivity index (χ4n) is 2.22. The normalized spacial score (nSPS) is 13.6. The molecule has 2 aromatic rings. The van der Waals surface area contributed by atoms with Gasteiger partial charge in [0, 0.05) is 12.1 Å². The van der Waals surface area contributed by atoms with E-state index in [2.05, 4.69) is 10.4 Å². The van der Waals surface area contributed by atoms with Crippen molar-refractivity contribution in [3.05, 3.63) is 47.0 Å². The lowest BCUT2D eigenvalue weighted by Gasteiger charge is -2.04. The van der Waals surface area contributed by atoms with E-state index in [4.69, 9.17) is 0 Å². The third kappa shape index (κ3) is 1.51. The van der Waals surface area contributed by atoms with Crippen molar-refractivity contribution in [2.45, 2.75) is 19.9 Å². The zero-order chi connectivity index (χ0) is 12.7. The van der Waals surface area contributed by atoms with Crippen LogP contribution in [0.2, 0.25) is 0 Å². The molecule has 1 aliphatic rings. The molecule has 5 heteroatoms. The van der Waals surface area contributed by atoms with Gasteiger partial charge in [0.2, 0.25) is 0 Å². The van der Waals surface area contributed by atoms with Crippen LogP contribution in [0, 0.1) is 5.82 Å². The zero-order valence-corrected chi connectivity index (χ0v) is 9.90. The quantitative estimate of drug-likeness (QED) is 0.877. The maximum Gasteiger partial charge on any atom is 0.270 e. The molecule has 0 bridgehead atoms. The first-order chi connectivity index (χ1) is 8.70. The van der Waals surface area contributed by atoms with Gasteiger partial charge in [0.25, 0.3) is 5.91 Å². The third-order valence-corrected chi connectivity index (χ3v) is 3.11. The Kier molecular flexibility index (Phi) is 2.40.